The average molecular weight is 408 g/mol. The van der Waals surface area contributed by atoms with Crippen LogP contribution in [0.15, 0.2) is 53.6 Å². The van der Waals surface area contributed by atoms with Crippen LogP contribution in [-0.2, 0) is 22.7 Å². The number of carbonyl (C=O) groups excluding carboxylic acids is 1. The zero-order chi connectivity index (χ0) is 20.5. The maximum absolute atomic E-state index is 12.5. The van der Waals surface area contributed by atoms with Crippen molar-refractivity contribution >= 4 is 39.4 Å². The number of fused-ring (bicyclic) bond motifs is 2. The van der Waals surface area contributed by atoms with Crippen molar-refractivity contribution in [1.29, 1.82) is 0 Å². The summed E-state index contributed by atoms with van der Waals surface area (Å²) in [5, 5.41) is 1.68. The predicted octanol–water partition coefficient (Wildman–Crippen LogP) is 3.96. The van der Waals surface area contributed by atoms with E-state index in [1.165, 1.54) is 10.9 Å². The first kappa shape index (κ1) is 19.1. The summed E-state index contributed by atoms with van der Waals surface area (Å²) in [6.07, 6.45) is 1.35. The minimum atomic E-state index is -0.555. The van der Waals surface area contributed by atoms with E-state index >= 15 is 0 Å². The van der Waals surface area contributed by atoms with E-state index in [-0.39, 0.29) is 18.7 Å². The van der Waals surface area contributed by atoms with E-state index in [4.69, 9.17) is 16.3 Å². The van der Waals surface area contributed by atoms with E-state index in [1.54, 1.807) is 24.3 Å². The highest BCUT2D eigenvalue weighted by Crippen LogP contribution is 2.25. The lowest BCUT2D eigenvalue weighted by atomic mass is 10.0. The fourth-order valence-corrected chi connectivity index (χ4v) is 3.36. The molecule has 0 amide bonds. The van der Waals surface area contributed by atoms with Crippen LogP contribution in [0, 0.1) is 13.8 Å². The first-order valence-electron chi connectivity index (χ1n) is 9.09. The van der Waals surface area contributed by atoms with Crippen LogP contribution in [0.4, 0.5) is 0 Å². The lowest BCUT2D eigenvalue weighted by Crippen LogP contribution is -2.25. The molecule has 0 N–H and O–H groups in total. The van der Waals surface area contributed by atoms with Gasteiger partial charge in [0.1, 0.15) is 18.3 Å². The summed E-state index contributed by atoms with van der Waals surface area (Å²) >= 11 is 6.29. The highest BCUT2D eigenvalue weighted by molar-refractivity contribution is 6.30. The molecule has 0 saturated heterocycles. The monoisotopic (exact) mass is 407 g/mol. The fourth-order valence-electron chi connectivity index (χ4n) is 3.17. The quantitative estimate of drug-likeness (QED) is 0.378. The van der Waals surface area contributed by atoms with Crippen molar-refractivity contribution in [3.05, 3.63) is 81.0 Å². The van der Waals surface area contributed by atoms with E-state index in [0.29, 0.717) is 21.6 Å². The van der Waals surface area contributed by atoms with Gasteiger partial charge in [-0.05, 0) is 43.2 Å². The van der Waals surface area contributed by atoms with Crippen molar-refractivity contribution in [2.75, 3.05) is 0 Å². The molecule has 0 fully saturated rings. The molecule has 2 aromatic carbocycles. The first-order chi connectivity index (χ1) is 13.9. The molecule has 0 atom stereocenters. The van der Waals surface area contributed by atoms with Crippen LogP contribution in [0.3, 0.4) is 0 Å². The summed E-state index contributed by atoms with van der Waals surface area (Å²) in [5.74, 6) is -0.555. The Bertz CT molecular complexity index is 1310. The largest absolute Gasteiger partial charge is 0.459 e. The van der Waals surface area contributed by atoms with Crippen LogP contribution in [0.1, 0.15) is 16.7 Å². The number of pyridine rings is 1. The zero-order valence-electron chi connectivity index (χ0n) is 16.0. The van der Waals surface area contributed by atoms with Crippen molar-refractivity contribution < 1.29 is 9.53 Å². The maximum Gasteiger partial charge on any atom is 0.326 e. The van der Waals surface area contributed by atoms with Gasteiger partial charge in [0.05, 0.1) is 22.7 Å². The Morgan fingerprint density at radius 3 is 2.79 bits per heavy atom. The van der Waals surface area contributed by atoms with Gasteiger partial charge >= 0.3 is 5.97 Å². The number of ether oxygens (including phenoxy) is 1. The number of para-hydroxylation sites is 1. The third-order valence-corrected chi connectivity index (χ3v) is 5.28. The molecule has 2 heterocycles. The molecule has 0 saturated carbocycles. The van der Waals surface area contributed by atoms with E-state index in [2.05, 4.69) is 9.97 Å². The SMILES string of the molecule is Cc1ccc2cc(COC(=O)Cn3cnc4ccccc4c3=O)c(Cl)nc2c1C. The smallest absolute Gasteiger partial charge is 0.326 e. The molecule has 0 spiro atoms. The number of aryl methyl sites for hydroxylation is 2. The Labute approximate surface area is 171 Å². The second kappa shape index (κ2) is 7.64. The van der Waals surface area contributed by atoms with Crippen molar-refractivity contribution in [1.82, 2.24) is 14.5 Å². The van der Waals surface area contributed by atoms with E-state index in [1.807, 2.05) is 32.0 Å². The minimum Gasteiger partial charge on any atom is -0.459 e. The summed E-state index contributed by atoms with van der Waals surface area (Å²) in [4.78, 5) is 33.4. The Morgan fingerprint density at radius 2 is 1.97 bits per heavy atom. The van der Waals surface area contributed by atoms with Crippen LogP contribution in [0.2, 0.25) is 5.15 Å². The summed E-state index contributed by atoms with van der Waals surface area (Å²) in [6, 6.07) is 12.8. The van der Waals surface area contributed by atoms with Crippen molar-refractivity contribution in [3.63, 3.8) is 0 Å². The first-order valence-corrected chi connectivity index (χ1v) is 9.47. The lowest BCUT2D eigenvalue weighted by Gasteiger charge is -2.11. The third-order valence-electron chi connectivity index (χ3n) is 4.96. The number of aromatic nitrogens is 3. The molecule has 146 valence electrons. The second-order valence-electron chi connectivity index (χ2n) is 6.87. The van der Waals surface area contributed by atoms with Crippen LogP contribution in [0.25, 0.3) is 21.8 Å². The highest BCUT2D eigenvalue weighted by atomic mass is 35.5. The molecule has 4 aromatic rings. The average Bonchev–Trinajstić information content (AvgIpc) is 2.72. The molecular weight excluding hydrogens is 390 g/mol. The summed E-state index contributed by atoms with van der Waals surface area (Å²) < 4.78 is 6.57. The minimum absolute atomic E-state index is 0.0245. The summed E-state index contributed by atoms with van der Waals surface area (Å²) in [6.45, 7) is 3.76. The molecule has 0 bridgehead atoms. The highest BCUT2D eigenvalue weighted by Gasteiger charge is 2.12. The number of esters is 1. The number of nitrogens with zero attached hydrogens (tertiary/aromatic N) is 3. The number of benzene rings is 2. The molecule has 0 aliphatic heterocycles. The molecule has 0 unspecified atom stereocenters. The molecule has 29 heavy (non-hydrogen) atoms. The number of rotatable bonds is 4. The zero-order valence-corrected chi connectivity index (χ0v) is 16.7. The van der Waals surface area contributed by atoms with Crippen molar-refractivity contribution in [3.8, 4) is 0 Å². The maximum atomic E-state index is 12.5. The molecule has 0 aliphatic rings. The number of hydrogen-bond acceptors (Lipinski definition) is 5. The van der Waals surface area contributed by atoms with Gasteiger partial charge in [-0.2, -0.15) is 0 Å². The van der Waals surface area contributed by atoms with Crippen LogP contribution in [0.5, 0.6) is 0 Å². The van der Waals surface area contributed by atoms with Gasteiger partial charge in [-0.1, -0.05) is 35.9 Å². The Hall–Kier alpha value is -3.25. The fraction of sp³-hybridized carbons (Fsp3) is 0.182. The molecule has 0 aliphatic carbocycles. The van der Waals surface area contributed by atoms with Crippen LogP contribution in [-0.4, -0.2) is 20.5 Å². The van der Waals surface area contributed by atoms with Crippen molar-refractivity contribution in [2.24, 2.45) is 0 Å². The van der Waals surface area contributed by atoms with Gasteiger partial charge < -0.3 is 4.74 Å². The van der Waals surface area contributed by atoms with Gasteiger partial charge in [-0.25, -0.2) is 9.97 Å². The second-order valence-corrected chi connectivity index (χ2v) is 7.23. The Balaban J connectivity index is 1.51. The van der Waals surface area contributed by atoms with Gasteiger partial charge in [0.15, 0.2) is 0 Å². The summed E-state index contributed by atoms with van der Waals surface area (Å²) in [5.41, 5.74) is 3.94. The number of halogens is 1. The number of hydrogen-bond donors (Lipinski definition) is 0. The Morgan fingerprint density at radius 1 is 1.17 bits per heavy atom. The van der Waals surface area contributed by atoms with Gasteiger partial charge in [0, 0.05) is 10.9 Å². The Kier molecular flexibility index (Phi) is 5.03. The predicted molar refractivity (Wildman–Crippen MR) is 112 cm³/mol. The molecule has 0 radical (unpaired) electrons. The number of carbonyl (C=O) groups is 1. The van der Waals surface area contributed by atoms with Gasteiger partial charge in [-0.3, -0.25) is 14.2 Å². The van der Waals surface area contributed by atoms with Crippen LogP contribution >= 0.6 is 11.6 Å². The lowest BCUT2D eigenvalue weighted by molar-refractivity contribution is -0.145. The molecular formula is C22H18ClN3O3. The van der Waals surface area contributed by atoms with Gasteiger partial charge in [-0.15, -0.1) is 0 Å². The normalized spacial score (nSPS) is 11.1. The van der Waals surface area contributed by atoms with Crippen LogP contribution < -0.4 is 5.56 Å². The topological polar surface area (TPSA) is 74.1 Å². The molecule has 6 nitrogen and oxygen atoms in total. The van der Waals surface area contributed by atoms with E-state index in [0.717, 1.165) is 22.0 Å². The van der Waals surface area contributed by atoms with E-state index < -0.39 is 5.97 Å². The van der Waals surface area contributed by atoms with Gasteiger partial charge in [0.25, 0.3) is 5.56 Å². The van der Waals surface area contributed by atoms with Crippen molar-refractivity contribution in [2.45, 2.75) is 27.0 Å². The molecule has 4 rings (SSSR count). The van der Waals surface area contributed by atoms with E-state index in [9.17, 15) is 9.59 Å². The molecule has 2 aromatic heterocycles. The third kappa shape index (κ3) is 3.71. The van der Waals surface area contributed by atoms with Gasteiger partial charge in [0.2, 0.25) is 0 Å². The summed E-state index contributed by atoms with van der Waals surface area (Å²) in [7, 11) is 0. The standard InChI is InChI=1S/C22H18ClN3O3/c1-13-7-8-15-9-16(21(23)25-20(15)14(13)2)11-29-19(27)10-26-12-24-18-6-4-3-5-17(18)22(26)28/h3-9,12H,10-11H2,1-2H3. The molecule has 7 heteroatoms.